The van der Waals surface area contributed by atoms with Crippen LogP contribution in [0.3, 0.4) is 0 Å². The highest BCUT2D eigenvalue weighted by Crippen LogP contribution is 2.20. The van der Waals surface area contributed by atoms with Crippen molar-refractivity contribution in [3.05, 3.63) is 63.6 Å². The summed E-state index contributed by atoms with van der Waals surface area (Å²) in [5.41, 5.74) is 3.39. The number of carbonyl (C=O) groups is 2. The number of aromatic nitrogens is 2. The van der Waals surface area contributed by atoms with Gasteiger partial charge in [-0.05, 0) is 43.5 Å². The van der Waals surface area contributed by atoms with Crippen molar-refractivity contribution >= 4 is 34.5 Å². The van der Waals surface area contributed by atoms with Crippen molar-refractivity contribution in [3.63, 3.8) is 0 Å². The number of aryl methyl sites for hydroxylation is 2. The van der Waals surface area contributed by atoms with Crippen molar-refractivity contribution in [2.45, 2.75) is 13.8 Å². The zero-order valence-electron chi connectivity index (χ0n) is 14.2. The molecule has 7 heteroatoms. The maximum absolute atomic E-state index is 12.5. The average molecular weight is 354 g/mol. The second kappa shape index (κ2) is 6.90. The van der Waals surface area contributed by atoms with E-state index in [9.17, 15) is 9.59 Å². The Labute approximate surface area is 149 Å². The second-order valence-electron chi connectivity index (χ2n) is 5.64. The summed E-state index contributed by atoms with van der Waals surface area (Å²) in [5.74, 6) is -0.432. The van der Waals surface area contributed by atoms with E-state index in [0.29, 0.717) is 21.8 Å². The van der Waals surface area contributed by atoms with Crippen molar-refractivity contribution in [3.8, 4) is 0 Å². The lowest BCUT2D eigenvalue weighted by Crippen LogP contribution is -2.15. The fourth-order valence-corrected chi connectivity index (χ4v) is 3.10. The van der Waals surface area contributed by atoms with E-state index < -0.39 is 0 Å². The summed E-state index contributed by atoms with van der Waals surface area (Å²) < 4.78 is 1.72. The predicted molar refractivity (Wildman–Crippen MR) is 99.3 cm³/mol. The van der Waals surface area contributed by atoms with Crippen LogP contribution in [0.5, 0.6) is 0 Å². The number of benzene rings is 1. The standard InChI is InChI=1S/C18H18N4O2S/c1-11-16(12(2)22(3)21-11)20-17(23)13-6-4-7-14(10-13)19-18(24)15-8-5-9-25-15/h4-10H,1-3H3,(H,19,24)(H,20,23). The normalized spacial score (nSPS) is 10.5. The fraction of sp³-hybridized carbons (Fsp3) is 0.167. The second-order valence-corrected chi connectivity index (χ2v) is 6.58. The number of nitrogens with one attached hydrogen (secondary N) is 2. The lowest BCUT2D eigenvalue weighted by molar-refractivity contribution is 0.101. The molecule has 0 aliphatic carbocycles. The van der Waals surface area contributed by atoms with E-state index in [2.05, 4.69) is 15.7 Å². The van der Waals surface area contributed by atoms with Crippen LogP contribution in [0.4, 0.5) is 11.4 Å². The Bertz CT molecular complexity index is 929. The summed E-state index contributed by atoms with van der Waals surface area (Å²) >= 11 is 1.37. The minimum absolute atomic E-state index is 0.188. The highest BCUT2D eigenvalue weighted by atomic mass is 32.1. The molecule has 0 spiro atoms. The van der Waals surface area contributed by atoms with Crippen molar-refractivity contribution < 1.29 is 9.59 Å². The van der Waals surface area contributed by atoms with Crippen LogP contribution < -0.4 is 10.6 Å². The van der Waals surface area contributed by atoms with Crippen LogP contribution in [0.1, 0.15) is 31.4 Å². The molecule has 0 fully saturated rings. The monoisotopic (exact) mass is 354 g/mol. The molecule has 0 atom stereocenters. The number of rotatable bonds is 4. The molecule has 3 rings (SSSR count). The number of hydrogen-bond acceptors (Lipinski definition) is 4. The molecule has 0 aliphatic rings. The zero-order chi connectivity index (χ0) is 18.0. The molecule has 0 radical (unpaired) electrons. The van der Waals surface area contributed by atoms with E-state index >= 15 is 0 Å². The van der Waals surface area contributed by atoms with Gasteiger partial charge < -0.3 is 10.6 Å². The molecule has 6 nitrogen and oxygen atoms in total. The third-order valence-corrected chi connectivity index (χ3v) is 4.74. The molecule has 1 aromatic carbocycles. The Morgan fingerprint density at radius 1 is 1.08 bits per heavy atom. The predicted octanol–water partition coefficient (Wildman–Crippen LogP) is 3.60. The number of hydrogen-bond donors (Lipinski definition) is 2. The number of amides is 2. The maximum atomic E-state index is 12.5. The fourth-order valence-electron chi connectivity index (χ4n) is 2.48. The van der Waals surface area contributed by atoms with E-state index in [1.54, 1.807) is 35.0 Å². The van der Waals surface area contributed by atoms with Gasteiger partial charge in [0.2, 0.25) is 0 Å². The molecular formula is C18H18N4O2S. The van der Waals surface area contributed by atoms with E-state index in [4.69, 9.17) is 0 Å². The minimum atomic E-state index is -0.244. The first-order chi connectivity index (χ1) is 12.0. The van der Waals surface area contributed by atoms with Gasteiger partial charge in [-0.25, -0.2) is 0 Å². The van der Waals surface area contributed by atoms with E-state index in [1.807, 2.05) is 32.3 Å². The maximum Gasteiger partial charge on any atom is 0.265 e. The largest absolute Gasteiger partial charge is 0.321 e. The molecule has 0 saturated heterocycles. The van der Waals surface area contributed by atoms with Crippen molar-refractivity contribution in [2.75, 3.05) is 10.6 Å². The summed E-state index contributed by atoms with van der Waals surface area (Å²) in [5, 5.41) is 11.8. The highest BCUT2D eigenvalue weighted by molar-refractivity contribution is 7.12. The van der Waals surface area contributed by atoms with Gasteiger partial charge in [0.1, 0.15) is 0 Å². The Morgan fingerprint density at radius 2 is 1.88 bits per heavy atom. The highest BCUT2D eigenvalue weighted by Gasteiger charge is 2.14. The van der Waals surface area contributed by atoms with E-state index in [-0.39, 0.29) is 11.8 Å². The van der Waals surface area contributed by atoms with Gasteiger partial charge >= 0.3 is 0 Å². The van der Waals surface area contributed by atoms with Crippen LogP contribution in [-0.2, 0) is 7.05 Å². The molecule has 128 valence electrons. The Morgan fingerprint density at radius 3 is 2.52 bits per heavy atom. The third-order valence-electron chi connectivity index (χ3n) is 3.88. The number of carbonyl (C=O) groups excluding carboxylic acids is 2. The first-order valence-electron chi connectivity index (χ1n) is 7.72. The van der Waals surface area contributed by atoms with Gasteiger partial charge in [-0.1, -0.05) is 12.1 Å². The lowest BCUT2D eigenvalue weighted by atomic mass is 10.1. The van der Waals surface area contributed by atoms with Crippen LogP contribution >= 0.6 is 11.3 Å². The van der Waals surface area contributed by atoms with Crippen LogP contribution in [0, 0.1) is 13.8 Å². The summed E-state index contributed by atoms with van der Waals surface area (Å²) in [6.45, 7) is 3.74. The van der Waals surface area contributed by atoms with Gasteiger partial charge in [-0.2, -0.15) is 5.10 Å². The number of anilines is 2. The molecule has 2 amide bonds. The summed E-state index contributed by atoms with van der Waals surface area (Å²) in [6, 6.07) is 10.4. The van der Waals surface area contributed by atoms with Crippen molar-refractivity contribution in [2.24, 2.45) is 7.05 Å². The molecule has 0 bridgehead atoms. The summed E-state index contributed by atoms with van der Waals surface area (Å²) in [6.07, 6.45) is 0. The Hall–Kier alpha value is -2.93. The number of nitrogens with zero attached hydrogens (tertiary/aromatic N) is 2. The van der Waals surface area contributed by atoms with Gasteiger partial charge in [-0.3, -0.25) is 14.3 Å². The van der Waals surface area contributed by atoms with Crippen molar-refractivity contribution in [1.82, 2.24) is 9.78 Å². The van der Waals surface area contributed by atoms with E-state index in [1.165, 1.54) is 11.3 Å². The lowest BCUT2D eigenvalue weighted by Gasteiger charge is -2.08. The van der Waals surface area contributed by atoms with Gasteiger partial charge in [-0.15, -0.1) is 11.3 Å². The summed E-state index contributed by atoms with van der Waals surface area (Å²) in [4.78, 5) is 25.3. The minimum Gasteiger partial charge on any atom is -0.321 e. The van der Waals surface area contributed by atoms with Gasteiger partial charge in [0, 0.05) is 18.3 Å². The molecule has 0 aliphatic heterocycles. The molecule has 0 unspecified atom stereocenters. The zero-order valence-corrected chi connectivity index (χ0v) is 15.0. The van der Waals surface area contributed by atoms with Gasteiger partial charge in [0.15, 0.2) is 0 Å². The Balaban J connectivity index is 1.76. The molecule has 2 heterocycles. The summed E-state index contributed by atoms with van der Waals surface area (Å²) in [7, 11) is 1.83. The van der Waals surface area contributed by atoms with Crippen molar-refractivity contribution in [1.29, 1.82) is 0 Å². The molecule has 25 heavy (non-hydrogen) atoms. The first-order valence-corrected chi connectivity index (χ1v) is 8.60. The average Bonchev–Trinajstić information content (AvgIpc) is 3.20. The van der Waals surface area contributed by atoms with Crippen LogP contribution in [0.15, 0.2) is 41.8 Å². The molecule has 0 saturated carbocycles. The Kier molecular flexibility index (Phi) is 4.67. The SMILES string of the molecule is Cc1nn(C)c(C)c1NC(=O)c1cccc(NC(=O)c2cccs2)c1. The smallest absolute Gasteiger partial charge is 0.265 e. The number of thiophene rings is 1. The molecule has 2 aromatic heterocycles. The van der Waals surface area contributed by atoms with E-state index in [0.717, 1.165) is 11.4 Å². The first kappa shape index (κ1) is 16.9. The van der Waals surface area contributed by atoms with Gasteiger partial charge in [0.25, 0.3) is 11.8 Å². The quantitative estimate of drug-likeness (QED) is 0.751. The third kappa shape index (κ3) is 3.61. The van der Waals surface area contributed by atoms with Crippen LogP contribution in [0.25, 0.3) is 0 Å². The molecule has 3 aromatic rings. The van der Waals surface area contributed by atoms with Gasteiger partial charge in [0.05, 0.1) is 22.0 Å². The molecular weight excluding hydrogens is 336 g/mol. The van der Waals surface area contributed by atoms with Crippen LogP contribution in [-0.4, -0.2) is 21.6 Å². The molecule has 2 N–H and O–H groups in total. The topological polar surface area (TPSA) is 76.0 Å². The van der Waals surface area contributed by atoms with Crippen LogP contribution in [0.2, 0.25) is 0 Å².